The lowest BCUT2D eigenvalue weighted by molar-refractivity contribution is -0.144. The average Bonchev–Trinajstić information content (AvgIpc) is 2.90. The normalized spacial score (nSPS) is 27.4. The third-order valence-electron chi connectivity index (χ3n) is 4.29. The lowest BCUT2D eigenvalue weighted by atomic mass is 9.90. The number of cyclic esters (lactones) is 2. The molecule has 2 aliphatic heterocycles. The molecule has 0 bridgehead atoms. The van der Waals surface area contributed by atoms with Crippen molar-refractivity contribution in [1.82, 2.24) is 0 Å². The third-order valence-corrected chi connectivity index (χ3v) is 6.84. The molecule has 12 heteroatoms. The number of carbonyl (C=O) groups excluding carboxylic acids is 2. The maximum absolute atomic E-state index is 12.1. The summed E-state index contributed by atoms with van der Waals surface area (Å²) in [6.07, 6.45) is -2.87. The molecular formula is C15H24O10S2. The van der Waals surface area contributed by atoms with Gasteiger partial charge in [-0.25, -0.2) is 9.59 Å². The number of carbonyl (C=O) groups is 2. The zero-order valence-corrected chi connectivity index (χ0v) is 17.2. The summed E-state index contributed by atoms with van der Waals surface area (Å²) in [7, 11) is -8.33. The van der Waals surface area contributed by atoms with Gasteiger partial charge in [-0.1, -0.05) is 27.7 Å². The summed E-state index contributed by atoms with van der Waals surface area (Å²) in [5, 5.41) is 0. The van der Waals surface area contributed by atoms with E-state index < -0.39 is 66.7 Å². The van der Waals surface area contributed by atoms with E-state index in [4.69, 9.17) is 17.8 Å². The summed E-state index contributed by atoms with van der Waals surface area (Å²) in [5.74, 6) is -2.81. The number of rotatable bonds is 8. The smallest absolute Gasteiger partial charge is 0.337 e. The maximum Gasteiger partial charge on any atom is 0.337 e. The van der Waals surface area contributed by atoms with Crippen LogP contribution < -0.4 is 0 Å². The fourth-order valence-electron chi connectivity index (χ4n) is 2.60. The highest BCUT2D eigenvalue weighted by atomic mass is 32.2. The Labute approximate surface area is 158 Å². The summed E-state index contributed by atoms with van der Waals surface area (Å²) in [5.41, 5.74) is -1.62. The van der Waals surface area contributed by atoms with Gasteiger partial charge in [-0.05, 0) is 6.42 Å². The first-order chi connectivity index (χ1) is 12.2. The van der Waals surface area contributed by atoms with Crippen molar-refractivity contribution in [2.45, 2.75) is 46.3 Å². The number of hydrogen-bond acceptors (Lipinski definition) is 10. The van der Waals surface area contributed by atoms with Crippen LogP contribution in [0.25, 0.3) is 0 Å². The van der Waals surface area contributed by atoms with E-state index in [-0.39, 0.29) is 19.6 Å². The molecule has 0 amide bonds. The number of ether oxygens (including phenoxy) is 2. The highest BCUT2D eigenvalue weighted by Crippen LogP contribution is 2.33. The first-order valence-corrected chi connectivity index (χ1v) is 11.5. The lowest BCUT2D eigenvalue weighted by Gasteiger charge is -2.22. The predicted octanol–water partition coefficient (Wildman–Crippen LogP) is -0.0275. The molecule has 0 spiro atoms. The molecule has 0 N–H and O–H groups in total. The molecule has 10 nitrogen and oxygen atoms in total. The summed E-state index contributed by atoms with van der Waals surface area (Å²) >= 11 is 0. The summed E-state index contributed by atoms with van der Waals surface area (Å²) in [4.78, 5) is 23.2. The van der Waals surface area contributed by atoms with Gasteiger partial charge in [0, 0.05) is 10.8 Å². The molecule has 2 heterocycles. The van der Waals surface area contributed by atoms with Crippen molar-refractivity contribution < 1.29 is 44.3 Å². The van der Waals surface area contributed by atoms with Crippen molar-refractivity contribution in [1.29, 1.82) is 0 Å². The van der Waals surface area contributed by atoms with E-state index in [1.807, 2.05) is 0 Å². The fourth-order valence-corrected chi connectivity index (χ4v) is 5.23. The molecule has 156 valence electrons. The second-order valence-corrected chi connectivity index (χ2v) is 11.5. The molecule has 2 atom stereocenters. The fraction of sp³-hybridized carbons (Fsp3) is 0.867. The van der Waals surface area contributed by atoms with Crippen LogP contribution in [-0.2, 0) is 47.7 Å². The molecule has 0 aromatic carbocycles. The minimum absolute atomic E-state index is 0.0293. The lowest BCUT2D eigenvalue weighted by Crippen LogP contribution is -2.36. The Morgan fingerprint density at radius 1 is 0.815 bits per heavy atom. The first kappa shape index (κ1) is 22.1. The van der Waals surface area contributed by atoms with Gasteiger partial charge in [-0.3, -0.25) is 8.37 Å². The van der Waals surface area contributed by atoms with Crippen LogP contribution in [0.5, 0.6) is 0 Å². The van der Waals surface area contributed by atoms with Gasteiger partial charge >= 0.3 is 11.9 Å². The van der Waals surface area contributed by atoms with Crippen molar-refractivity contribution in [3.63, 3.8) is 0 Å². The molecule has 0 aromatic rings. The minimum atomic E-state index is -4.16. The van der Waals surface area contributed by atoms with E-state index >= 15 is 0 Å². The molecule has 2 rings (SSSR count). The van der Waals surface area contributed by atoms with Crippen molar-refractivity contribution in [2.75, 3.05) is 24.7 Å². The van der Waals surface area contributed by atoms with Crippen LogP contribution in [0.3, 0.4) is 0 Å². The largest absolute Gasteiger partial charge is 0.463 e. The molecule has 2 saturated heterocycles. The molecule has 0 aliphatic carbocycles. The van der Waals surface area contributed by atoms with Crippen LogP contribution in [0.2, 0.25) is 0 Å². The van der Waals surface area contributed by atoms with Crippen molar-refractivity contribution in [2.24, 2.45) is 10.8 Å². The monoisotopic (exact) mass is 428 g/mol. The van der Waals surface area contributed by atoms with Gasteiger partial charge < -0.3 is 9.47 Å². The van der Waals surface area contributed by atoms with E-state index in [1.54, 1.807) is 27.7 Å². The summed E-state index contributed by atoms with van der Waals surface area (Å²) < 4.78 is 67.7. The van der Waals surface area contributed by atoms with Crippen molar-refractivity contribution >= 4 is 32.2 Å². The van der Waals surface area contributed by atoms with Gasteiger partial charge in [0.2, 0.25) is 0 Å². The zero-order valence-electron chi connectivity index (χ0n) is 15.6. The van der Waals surface area contributed by atoms with E-state index in [2.05, 4.69) is 0 Å². The van der Waals surface area contributed by atoms with E-state index in [0.29, 0.717) is 0 Å². The van der Waals surface area contributed by atoms with Crippen LogP contribution in [0.15, 0.2) is 0 Å². The Bertz CT molecular complexity index is 742. The minimum Gasteiger partial charge on any atom is -0.463 e. The van der Waals surface area contributed by atoms with Gasteiger partial charge in [-0.2, -0.15) is 16.8 Å². The SMILES string of the molecule is CC1(C)COC(=O)C1OS(=O)(=O)CCCS(=O)(=O)O[C@H]1C(=O)OCC1(C)C. The quantitative estimate of drug-likeness (QED) is 0.382. The van der Waals surface area contributed by atoms with Crippen LogP contribution >= 0.6 is 0 Å². The van der Waals surface area contributed by atoms with Gasteiger partial charge in [0.15, 0.2) is 12.2 Å². The van der Waals surface area contributed by atoms with E-state index in [0.717, 1.165) is 0 Å². The third kappa shape index (κ3) is 5.39. The molecule has 2 fully saturated rings. The van der Waals surface area contributed by atoms with Crippen molar-refractivity contribution in [3.8, 4) is 0 Å². The molecular weight excluding hydrogens is 404 g/mol. The Balaban J connectivity index is 1.90. The highest BCUT2D eigenvalue weighted by Gasteiger charge is 2.48. The highest BCUT2D eigenvalue weighted by molar-refractivity contribution is 7.87. The van der Waals surface area contributed by atoms with Crippen molar-refractivity contribution in [3.05, 3.63) is 0 Å². The summed E-state index contributed by atoms with van der Waals surface area (Å²) in [6, 6.07) is 0. The molecule has 27 heavy (non-hydrogen) atoms. The Kier molecular flexibility index (Phi) is 5.96. The molecule has 0 aromatic heterocycles. The van der Waals surface area contributed by atoms with Gasteiger partial charge in [0.1, 0.15) is 0 Å². The Hall–Kier alpha value is -1.24. The van der Waals surface area contributed by atoms with Crippen LogP contribution in [0.1, 0.15) is 34.1 Å². The standard InChI is InChI=1S/C15H24O10S2/c1-14(2)8-22-12(16)10(14)24-26(18,19)6-5-7-27(20,21)25-11-13(17)23-9-15(11,3)4/h10-11H,5-9H2,1-4H3/t10-,11?/m0/s1. The molecule has 0 saturated carbocycles. The predicted molar refractivity (Wildman–Crippen MR) is 91.4 cm³/mol. The molecule has 1 unspecified atom stereocenters. The number of esters is 2. The second-order valence-electron chi connectivity index (χ2n) is 8.02. The molecule has 2 aliphatic rings. The van der Waals surface area contributed by atoms with Gasteiger partial charge in [0.05, 0.1) is 24.7 Å². The second kappa shape index (κ2) is 7.30. The van der Waals surface area contributed by atoms with Gasteiger partial charge in [0.25, 0.3) is 20.2 Å². The van der Waals surface area contributed by atoms with E-state index in [1.165, 1.54) is 0 Å². The number of hydrogen-bond donors (Lipinski definition) is 0. The maximum atomic E-state index is 12.1. The van der Waals surface area contributed by atoms with Gasteiger partial charge in [-0.15, -0.1) is 0 Å². The van der Waals surface area contributed by atoms with Crippen LogP contribution in [0.4, 0.5) is 0 Å². The zero-order chi connectivity index (χ0) is 20.7. The topological polar surface area (TPSA) is 139 Å². The summed E-state index contributed by atoms with van der Waals surface area (Å²) in [6.45, 7) is 6.55. The Morgan fingerprint density at radius 3 is 1.41 bits per heavy atom. The average molecular weight is 428 g/mol. The Morgan fingerprint density at radius 2 is 1.15 bits per heavy atom. The van der Waals surface area contributed by atoms with Crippen LogP contribution in [0, 0.1) is 10.8 Å². The molecule has 0 radical (unpaired) electrons. The van der Waals surface area contributed by atoms with Crippen LogP contribution in [-0.4, -0.2) is 65.7 Å². The first-order valence-electron chi connectivity index (χ1n) is 8.30. The van der Waals surface area contributed by atoms with E-state index in [9.17, 15) is 26.4 Å².